The van der Waals surface area contributed by atoms with Gasteiger partial charge in [-0.3, -0.25) is 17.6 Å². The van der Waals surface area contributed by atoms with Crippen LogP contribution in [0.2, 0.25) is 0 Å². The van der Waals surface area contributed by atoms with Crippen LogP contribution < -0.4 is 10.0 Å². The molecule has 0 amide bonds. The zero-order valence-electron chi connectivity index (χ0n) is 20.4. The highest BCUT2D eigenvalue weighted by Crippen LogP contribution is 2.62. The zero-order chi connectivity index (χ0) is 24.8. The molecule has 190 valence electrons. The molecular formula is C24H33IN7O2S-. The van der Waals surface area contributed by atoms with Crippen molar-refractivity contribution in [3.63, 3.8) is 0 Å². The third kappa shape index (κ3) is 6.58. The number of pyridine rings is 1. The Balaban J connectivity index is 1.25. The van der Waals surface area contributed by atoms with E-state index in [9.17, 15) is 7.62 Å². The summed E-state index contributed by atoms with van der Waals surface area (Å²) < 4.78 is 30.2. The molecule has 0 spiro atoms. The van der Waals surface area contributed by atoms with Gasteiger partial charge in [0, 0.05) is 64.0 Å². The SMILES string of the molecule is Cc1nn(C)c(C)c1NS([O-])(I=O)c1ccc(NCCN2CCN(Cc3ccccc3)CC2)nc1. The van der Waals surface area contributed by atoms with Crippen molar-refractivity contribution >= 4 is 39.0 Å². The first-order valence-corrected chi connectivity index (χ1v) is 16.7. The molecule has 0 aliphatic carbocycles. The normalized spacial score (nSPS) is 17.6. The number of piperazine rings is 1. The molecule has 1 aliphatic heterocycles. The van der Waals surface area contributed by atoms with Crippen LogP contribution in [-0.2, 0) is 16.7 Å². The fourth-order valence-corrected chi connectivity index (χ4v) is 7.70. The molecule has 1 atom stereocenters. The summed E-state index contributed by atoms with van der Waals surface area (Å²) in [6, 6.07) is 14.2. The van der Waals surface area contributed by atoms with Crippen molar-refractivity contribution in [2.75, 3.05) is 49.3 Å². The molecule has 1 unspecified atom stereocenters. The Morgan fingerprint density at radius 3 is 2.37 bits per heavy atom. The lowest BCUT2D eigenvalue weighted by atomic mass is 10.2. The second-order valence-electron chi connectivity index (χ2n) is 8.73. The minimum Gasteiger partial charge on any atom is -0.784 e. The average Bonchev–Trinajstić information content (AvgIpc) is 3.11. The third-order valence-electron chi connectivity index (χ3n) is 6.32. The van der Waals surface area contributed by atoms with Crippen LogP contribution in [0.3, 0.4) is 0 Å². The molecule has 9 nitrogen and oxygen atoms in total. The number of nitrogens with one attached hydrogen (secondary N) is 2. The highest BCUT2D eigenvalue weighted by atomic mass is 127. The van der Waals surface area contributed by atoms with Crippen LogP contribution in [0.1, 0.15) is 17.0 Å². The molecule has 4 rings (SSSR count). The van der Waals surface area contributed by atoms with Gasteiger partial charge in [-0.15, -0.1) is 7.67 Å². The van der Waals surface area contributed by atoms with Crippen LogP contribution in [0, 0.1) is 13.8 Å². The summed E-state index contributed by atoms with van der Waals surface area (Å²) in [5.41, 5.74) is 3.60. The first kappa shape index (κ1) is 26.0. The average molecular weight is 611 g/mol. The van der Waals surface area contributed by atoms with E-state index in [0.717, 1.165) is 63.0 Å². The molecule has 11 heteroatoms. The van der Waals surface area contributed by atoms with E-state index < -0.39 is 27.5 Å². The molecule has 0 bridgehead atoms. The van der Waals surface area contributed by atoms with Gasteiger partial charge < -0.3 is 14.6 Å². The lowest BCUT2D eigenvalue weighted by molar-refractivity contribution is 0.130. The number of rotatable bonds is 10. The van der Waals surface area contributed by atoms with E-state index >= 15 is 0 Å². The molecule has 0 radical (unpaired) electrons. The number of aryl methyl sites for hydroxylation is 2. The number of benzene rings is 1. The van der Waals surface area contributed by atoms with Crippen molar-refractivity contribution in [2.45, 2.75) is 25.3 Å². The van der Waals surface area contributed by atoms with E-state index in [1.54, 1.807) is 23.0 Å². The van der Waals surface area contributed by atoms with Gasteiger partial charge in [0.25, 0.3) is 0 Å². The quantitative estimate of drug-likeness (QED) is 0.330. The van der Waals surface area contributed by atoms with Gasteiger partial charge in [-0.2, -0.15) is 5.10 Å². The first-order chi connectivity index (χ1) is 16.9. The lowest BCUT2D eigenvalue weighted by Crippen LogP contribution is -2.47. The van der Waals surface area contributed by atoms with Crippen molar-refractivity contribution in [1.29, 1.82) is 0 Å². The zero-order valence-corrected chi connectivity index (χ0v) is 23.4. The van der Waals surface area contributed by atoms with E-state index in [1.165, 1.54) is 5.56 Å². The summed E-state index contributed by atoms with van der Waals surface area (Å²) in [5.74, 6) is 0.719. The Morgan fingerprint density at radius 2 is 1.77 bits per heavy atom. The van der Waals surface area contributed by atoms with Crippen LogP contribution in [0.5, 0.6) is 0 Å². The molecule has 1 aromatic carbocycles. The summed E-state index contributed by atoms with van der Waals surface area (Å²) in [6.45, 7) is 10.7. The number of aromatic nitrogens is 3. The third-order valence-corrected chi connectivity index (χ3v) is 11.5. The maximum atomic E-state index is 13.4. The second kappa shape index (κ2) is 11.8. The highest BCUT2D eigenvalue weighted by molar-refractivity contribution is 14.2. The van der Waals surface area contributed by atoms with Gasteiger partial charge in [0.1, 0.15) is 5.82 Å². The summed E-state index contributed by atoms with van der Waals surface area (Å²) in [5, 5.41) is 7.69. The van der Waals surface area contributed by atoms with Crippen molar-refractivity contribution in [3.8, 4) is 0 Å². The van der Waals surface area contributed by atoms with Gasteiger partial charge in [0.05, 0.1) is 17.1 Å². The van der Waals surface area contributed by atoms with Gasteiger partial charge in [-0.1, -0.05) is 30.3 Å². The second-order valence-corrected chi connectivity index (χ2v) is 15.3. The Hall–Kier alpha value is -2.06. The predicted molar refractivity (Wildman–Crippen MR) is 149 cm³/mol. The number of nitrogens with zero attached hydrogens (tertiary/aromatic N) is 5. The van der Waals surface area contributed by atoms with E-state index in [2.05, 4.69) is 60.3 Å². The maximum absolute atomic E-state index is 13.4. The minimum absolute atomic E-state index is 0.447. The van der Waals surface area contributed by atoms with Gasteiger partial charge in [0.2, 0.25) is 19.8 Å². The first-order valence-electron chi connectivity index (χ1n) is 11.7. The number of hydrogen-bond donors (Lipinski definition) is 2. The number of anilines is 2. The summed E-state index contributed by atoms with van der Waals surface area (Å²) in [6.07, 6.45) is 1.55. The van der Waals surface area contributed by atoms with Gasteiger partial charge in [0.15, 0.2) is 0 Å². The van der Waals surface area contributed by atoms with Crippen molar-refractivity contribution < 1.29 is 7.62 Å². The standard InChI is InChI=1S/C24H34IN7O2S/c1-19-24(20(2)30(3)28-19)29-35(34,25-33)22-9-10-23(27-17-22)26-11-12-31-13-15-32(16-14-31)18-21-7-5-4-6-8-21/h4-10,17,29,34H,11-16,18H2,1-3H3,(H,26,27)/p-1. The van der Waals surface area contributed by atoms with Crippen LogP contribution in [0.15, 0.2) is 53.6 Å². The Labute approximate surface area is 217 Å². The lowest BCUT2D eigenvalue weighted by Gasteiger charge is -2.40. The Kier molecular flexibility index (Phi) is 8.76. The summed E-state index contributed by atoms with van der Waals surface area (Å²) in [7, 11) is -1.10. The van der Waals surface area contributed by atoms with E-state index in [1.807, 2.05) is 20.9 Å². The molecule has 3 heterocycles. The smallest absolute Gasteiger partial charge is 0.206 e. The van der Waals surface area contributed by atoms with E-state index in [4.69, 9.17) is 0 Å². The molecule has 1 saturated heterocycles. The largest absolute Gasteiger partial charge is 0.784 e. The van der Waals surface area contributed by atoms with Crippen molar-refractivity contribution in [1.82, 2.24) is 24.6 Å². The van der Waals surface area contributed by atoms with Gasteiger partial charge in [-0.25, -0.2) is 4.98 Å². The van der Waals surface area contributed by atoms with Crippen LogP contribution in [0.4, 0.5) is 11.5 Å². The van der Waals surface area contributed by atoms with Crippen molar-refractivity contribution in [3.05, 3.63) is 65.6 Å². The van der Waals surface area contributed by atoms with Gasteiger partial charge in [-0.05, 0) is 31.5 Å². The minimum atomic E-state index is -2.92. The molecule has 3 aromatic rings. The fraction of sp³-hybridized carbons (Fsp3) is 0.417. The maximum Gasteiger partial charge on any atom is 0.206 e. The summed E-state index contributed by atoms with van der Waals surface area (Å²) >= 11 is -1.86. The Bertz CT molecular complexity index is 1120. The van der Waals surface area contributed by atoms with Gasteiger partial charge >= 0.3 is 0 Å². The molecule has 2 aromatic heterocycles. The molecule has 1 aliphatic rings. The number of hydrogen-bond acceptors (Lipinski definition) is 8. The van der Waals surface area contributed by atoms with Crippen LogP contribution in [0.25, 0.3) is 0 Å². The number of halogens is 1. The fourth-order valence-electron chi connectivity index (χ4n) is 4.16. The molecular weight excluding hydrogens is 577 g/mol. The monoisotopic (exact) mass is 610 g/mol. The Morgan fingerprint density at radius 1 is 1.06 bits per heavy atom. The molecule has 0 saturated carbocycles. The molecule has 1 fully saturated rings. The predicted octanol–water partition coefficient (Wildman–Crippen LogP) is 4.21. The van der Waals surface area contributed by atoms with E-state index in [0.29, 0.717) is 10.6 Å². The van der Waals surface area contributed by atoms with E-state index in [-0.39, 0.29) is 0 Å². The van der Waals surface area contributed by atoms with Crippen LogP contribution in [-0.4, -0.2) is 68.4 Å². The van der Waals surface area contributed by atoms with Crippen molar-refractivity contribution in [2.24, 2.45) is 7.05 Å². The highest BCUT2D eigenvalue weighted by Gasteiger charge is 2.20. The molecule has 35 heavy (non-hydrogen) atoms. The topological polar surface area (TPSA) is 101 Å². The van der Waals surface area contributed by atoms with Crippen LogP contribution >= 0.6 is 27.5 Å². The molecule has 2 N–H and O–H groups in total. The summed E-state index contributed by atoms with van der Waals surface area (Å²) in [4.78, 5) is 9.83.